The molecule has 158 valence electrons. The van der Waals surface area contributed by atoms with E-state index in [0.717, 1.165) is 50.4 Å². The Hall–Kier alpha value is -2.94. The number of anilines is 1. The van der Waals surface area contributed by atoms with E-state index in [1.807, 2.05) is 34.6 Å². The lowest BCUT2D eigenvalue weighted by Crippen LogP contribution is -2.48. The molecule has 1 saturated heterocycles. The number of imidazole rings is 1. The quantitative estimate of drug-likeness (QED) is 0.610. The van der Waals surface area contributed by atoms with E-state index < -0.39 is 0 Å². The molecule has 9 heteroatoms. The first-order chi connectivity index (χ1) is 14.6. The third-order valence-corrected chi connectivity index (χ3v) is 6.22. The van der Waals surface area contributed by atoms with Crippen LogP contribution >= 0.6 is 0 Å². The number of likely N-dealkylation sites (N-methyl/N-ethyl adjacent to an activating group) is 1. The minimum atomic E-state index is 0.153. The van der Waals surface area contributed by atoms with Crippen molar-refractivity contribution in [1.82, 2.24) is 29.2 Å². The first-order valence-corrected chi connectivity index (χ1v) is 10.5. The smallest absolute Gasteiger partial charge is 0.266 e. The number of nitrogens with zero attached hydrogens (tertiary/aromatic N) is 7. The van der Waals surface area contributed by atoms with Crippen molar-refractivity contribution in [2.45, 2.75) is 38.9 Å². The highest BCUT2D eigenvalue weighted by Crippen LogP contribution is 2.36. The molecule has 0 radical (unpaired) electrons. The number of aromatic nitrogens is 5. The fraction of sp³-hybridized carbons (Fsp3) is 0.524. The topological polar surface area (TPSA) is 85.2 Å². The molecule has 30 heavy (non-hydrogen) atoms. The SMILES string of the molecule is Cc1nc(N2C[C@@H]3C[C@H](C2)c2ccc(CN(C)CCn4ccnc4)c(=O)n2C3)no1. The van der Waals surface area contributed by atoms with Gasteiger partial charge in [0.25, 0.3) is 11.5 Å². The van der Waals surface area contributed by atoms with Crippen LogP contribution in [0.5, 0.6) is 0 Å². The summed E-state index contributed by atoms with van der Waals surface area (Å²) in [4.78, 5) is 26.1. The molecule has 3 aromatic rings. The molecular weight excluding hydrogens is 382 g/mol. The van der Waals surface area contributed by atoms with Gasteiger partial charge >= 0.3 is 0 Å². The van der Waals surface area contributed by atoms with Gasteiger partial charge in [0.15, 0.2) is 0 Å². The Morgan fingerprint density at radius 1 is 1.27 bits per heavy atom. The normalized spacial score (nSPS) is 20.6. The van der Waals surface area contributed by atoms with Gasteiger partial charge < -0.3 is 23.5 Å². The highest BCUT2D eigenvalue weighted by atomic mass is 16.5. The first-order valence-electron chi connectivity index (χ1n) is 10.5. The second kappa shape index (κ2) is 7.71. The van der Waals surface area contributed by atoms with Gasteiger partial charge in [-0.1, -0.05) is 6.07 Å². The third-order valence-electron chi connectivity index (χ3n) is 6.22. The number of hydrogen-bond donors (Lipinski definition) is 0. The van der Waals surface area contributed by atoms with Gasteiger partial charge in [-0.15, -0.1) is 0 Å². The zero-order valence-corrected chi connectivity index (χ0v) is 17.4. The molecule has 2 atom stereocenters. The van der Waals surface area contributed by atoms with Crippen LogP contribution in [-0.4, -0.2) is 55.8 Å². The third kappa shape index (κ3) is 3.65. The molecule has 5 heterocycles. The summed E-state index contributed by atoms with van der Waals surface area (Å²) >= 11 is 0. The number of fused-ring (bicyclic) bond motifs is 4. The van der Waals surface area contributed by atoms with Crippen LogP contribution in [0.2, 0.25) is 0 Å². The summed E-state index contributed by atoms with van der Waals surface area (Å²) < 4.78 is 9.22. The lowest BCUT2D eigenvalue weighted by atomic mass is 9.83. The molecule has 0 spiro atoms. The summed E-state index contributed by atoms with van der Waals surface area (Å²) in [7, 11) is 2.06. The van der Waals surface area contributed by atoms with Gasteiger partial charge in [-0.05, 0) is 30.6 Å². The van der Waals surface area contributed by atoms with Crippen LogP contribution in [-0.2, 0) is 19.6 Å². The number of rotatable bonds is 6. The number of pyridine rings is 1. The lowest BCUT2D eigenvalue weighted by molar-refractivity contribution is 0.273. The van der Waals surface area contributed by atoms with Crippen LogP contribution in [0.25, 0.3) is 0 Å². The second-order valence-electron chi connectivity index (χ2n) is 8.55. The fourth-order valence-corrected chi connectivity index (χ4v) is 4.77. The monoisotopic (exact) mass is 409 g/mol. The molecule has 2 aliphatic heterocycles. The van der Waals surface area contributed by atoms with Gasteiger partial charge in [0.2, 0.25) is 5.89 Å². The maximum absolute atomic E-state index is 13.2. The second-order valence-corrected chi connectivity index (χ2v) is 8.55. The Morgan fingerprint density at radius 3 is 2.93 bits per heavy atom. The predicted molar refractivity (Wildman–Crippen MR) is 111 cm³/mol. The molecule has 9 nitrogen and oxygen atoms in total. The molecule has 0 unspecified atom stereocenters. The van der Waals surface area contributed by atoms with Crippen molar-refractivity contribution in [3.8, 4) is 0 Å². The maximum atomic E-state index is 13.2. The lowest BCUT2D eigenvalue weighted by Gasteiger charge is -2.42. The molecule has 0 aliphatic carbocycles. The largest absolute Gasteiger partial charge is 0.338 e. The zero-order chi connectivity index (χ0) is 20.7. The van der Waals surface area contributed by atoms with Gasteiger partial charge in [-0.25, -0.2) is 4.98 Å². The van der Waals surface area contributed by atoms with E-state index in [4.69, 9.17) is 4.52 Å². The molecule has 0 amide bonds. The van der Waals surface area contributed by atoms with Crippen LogP contribution in [0.4, 0.5) is 5.95 Å². The highest BCUT2D eigenvalue weighted by Gasteiger charge is 2.36. The van der Waals surface area contributed by atoms with E-state index in [1.54, 1.807) is 6.20 Å². The van der Waals surface area contributed by atoms with Crippen molar-refractivity contribution in [3.05, 3.63) is 58.4 Å². The molecule has 1 fully saturated rings. The van der Waals surface area contributed by atoms with E-state index in [1.165, 1.54) is 0 Å². The summed E-state index contributed by atoms with van der Waals surface area (Å²) in [6.07, 6.45) is 6.67. The van der Waals surface area contributed by atoms with Crippen LogP contribution in [0.1, 0.15) is 29.5 Å². The van der Waals surface area contributed by atoms with Crippen LogP contribution < -0.4 is 10.5 Å². The Bertz CT molecular complexity index is 1070. The van der Waals surface area contributed by atoms with E-state index >= 15 is 0 Å². The molecule has 0 aromatic carbocycles. The molecule has 3 aromatic heterocycles. The summed E-state index contributed by atoms with van der Waals surface area (Å²) in [5, 5.41) is 4.08. The highest BCUT2D eigenvalue weighted by molar-refractivity contribution is 5.33. The van der Waals surface area contributed by atoms with E-state index in [9.17, 15) is 4.79 Å². The van der Waals surface area contributed by atoms with Crippen molar-refractivity contribution < 1.29 is 4.52 Å². The molecule has 0 saturated carbocycles. The van der Waals surface area contributed by atoms with Crippen molar-refractivity contribution >= 4 is 5.95 Å². The summed E-state index contributed by atoms with van der Waals surface area (Å²) in [6, 6.07) is 4.16. The molecular formula is C21H27N7O2. The van der Waals surface area contributed by atoms with Gasteiger partial charge in [-0.2, -0.15) is 4.98 Å². The average molecular weight is 409 g/mol. The fourth-order valence-electron chi connectivity index (χ4n) is 4.77. The van der Waals surface area contributed by atoms with Crippen molar-refractivity contribution in [2.24, 2.45) is 5.92 Å². The van der Waals surface area contributed by atoms with Gasteiger partial charge in [-0.3, -0.25) is 4.79 Å². The standard InChI is InChI=1S/C21H27N7O2/c1-15-23-21(24-30-15)27-10-16-9-18(13-27)19-4-3-17(20(29)28(19)11-16)12-25(2)7-8-26-6-5-22-14-26/h3-6,14,16,18H,7-13H2,1-2H3/t16-,18+/m0/s1. The van der Waals surface area contributed by atoms with Gasteiger partial charge in [0.05, 0.1) is 6.33 Å². The number of aryl methyl sites for hydroxylation is 1. The van der Waals surface area contributed by atoms with E-state index in [0.29, 0.717) is 30.2 Å². The van der Waals surface area contributed by atoms with E-state index in [2.05, 4.69) is 38.0 Å². The predicted octanol–water partition coefficient (Wildman–Crippen LogP) is 1.49. The summed E-state index contributed by atoms with van der Waals surface area (Å²) in [5.41, 5.74) is 2.14. The first kappa shape index (κ1) is 19.0. The molecule has 2 bridgehead atoms. The molecule has 5 rings (SSSR count). The van der Waals surface area contributed by atoms with Crippen LogP contribution in [0, 0.1) is 12.8 Å². The molecule has 0 N–H and O–H groups in total. The number of piperidine rings is 1. The van der Waals surface area contributed by atoms with Crippen LogP contribution in [0.15, 0.2) is 40.2 Å². The minimum absolute atomic E-state index is 0.153. The van der Waals surface area contributed by atoms with Crippen molar-refractivity contribution in [1.29, 1.82) is 0 Å². The Kier molecular flexibility index (Phi) is 4.90. The Balaban J connectivity index is 1.31. The molecule has 2 aliphatic rings. The zero-order valence-electron chi connectivity index (χ0n) is 17.4. The Labute approximate surface area is 174 Å². The van der Waals surface area contributed by atoms with Gasteiger partial charge in [0, 0.05) is 75.8 Å². The summed E-state index contributed by atoms with van der Waals surface area (Å²) in [5.74, 6) is 1.98. The number of hydrogen-bond acceptors (Lipinski definition) is 7. The minimum Gasteiger partial charge on any atom is -0.338 e. The average Bonchev–Trinajstić information content (AvgIpc) is 3.40. The van der Waals surface area contributed by atoms with Gasteiger partial charge in [0.1, 0.15) is 0 Å². The summed E-state index contributed by atoms with van der Waals surface area (Å²) in [6.45, 7) is 6.61. The Morgan fingerprint density at radius 2 is 2.17 bits per heavy atom. The van der Waals surface area contributed by atoms with E-state index in [-0.39, 0.29) is 5.56 Å². The van der Waals surface area contributed by atoms with Crippen LogP contribution in [0.3, 0.4) is 0 Å². The van der Waals surface area contributed by atoms with Crippen molar-refractivity contribution in [3.63, 3.8) is 0 Å². The van der Waals surface area contributed by atoms with Crippen molar-refractivity contribution in [2.75, 3.05) is 31.6 Å². The maximum Gasteiger partial charge on any atom is 0.266 e.